The monoisotopic (exact) mass is 322 g/mol. The second kappa shape index (κ2) is 5.79. The minimum atomic E-state index is -0.0454. The van der Waals surface area contributed by atoms with E-state index in [0.717, 1.165) is 9.35 Å². The van der Waals surface area contributed by atoms with Crippen molar-refractivity contribution in [1.82, 2.24) is 0 Å². The fraction of sp³-hybridized carbons (Fsp3) is 0. The zero-order valence-electron chi connectivity index (χ0n) is 9.38. The molecule has 6 heteroatoms. The zero-order chi connectivity index (χ0) is 13.0. The maximum absolute atomic E-state index is 5.18. The summed E-state index contributed by atoms with van der Waals surface area (Å²) in [5.74, 6) is -0.0454. The van der Waals surface area contributed by atoms with Crippen molar-refractivity contribution in [1.29, 1.82) is 0 Å². The lowest BCUT2D eigenvalue weighted by molar-refractivity contribution is 1.22. The van der Waals surface area contributed by atoms with Crippen LogP contribution in [0.1, 0.15) is 4.88 Å². The standard InChI is InChI=1S/C12H11BrN4S/c13-9-3-1-8(2-4-9)11-6-5-10(18-11)7-16-17-12(14)15/h1-7H,(H4,14,15,17)/b16-7+. The Bertz CT molecular complexity index is 582. The van der Waals surface area contributed by atoms with Crippen molar-refractivity contribution >= 4 is 39.4 Å². The third-order valence-corrected chi connectivity index (χ3v) is 3.71. The molecule has 2 rings (SSSR count). The van der Waals surface area contributed by atoms with E-state index < -0.39 is 0 Å². The molecule has 0 fully saturated rings. The Balaban J connectivity index is 2.18. The minimum Gasteiger partial charge on any atom is -0.369 e. The number of guanidine groups is 1. The Kier molecular flexibility index (Phi) is 4.11. The summed E-state index contributed by atoms with van der Waals surface area (Å²) in [5.41, 5.74) is 11.5. The van der Waals surface area contributed by atoms with Gasteiger partial charge in [0.05, 0.1) is 6.21 Å². The van der Waals surface area contributed by atoms with E-state index in [1.54, 1.807) is 17.6 Å². The lowest BCUT2D eigenvalue weighted by Gasteiger charge is -1.96. The highest BCUT2D eigenvalue weighted by molar-refractivity contribution is 9.10. The second-order valence-corrected chi connectivity index (χ2v) is 5.51. The molecule has 0 radical (unpaired) electrons. The molecule has 0 amide bonds. The molecule has 1 aromatic heterocycles. The lowest BCUT2D eigenvalue weighted by atomic mass is 10.2. The van der Waals surface area contributed by atoms with Crippen molar-refractivity contribution in [2.75, 3.05) is 0 Å². The number of hydrogen-bond acceptors (Lipinski definition) is 3. The third kappa shape index (κ3) is 3.41. The van der Waals surface area contributed by atoms with Gasteiger partial charge in [0, 0.05) is 14.2 Å². The van der Waals surface area contributed by atoms with Gasteiger partial charge in [0.2, 0.25) is 5.96 Å². The molecule has 2 aromatic rings. The molecular formula is C12H11BrN4S. The summed E-state index contributed by atoms with van der Waals surface area (Å²) in [6.07, 6.45) is 1.63. The van der Waals surface area contributed by atoms with E-state index in [9.17, 15) is 0 Å². The van der Waals surface area contributed by atoms with E-state index in [2.05, 4.69) is 38.3 Å². The second-order valence-electron chi connectivity index (χ2n) is 3.48. The molecule has 1 heterocycles. The third-order valence-electron chi connectivity index (χ3n) is 2.11. The number of hydrogen-bond donors (Lipinski definition) is 2. The van der Waals surface area contributed by atoms with Crippen LogP contribution in [0.2, 0.25) is 0 Å². The van der Waals surface area contributed by atoms with Crippen LogP contribution in [0.5, 0.6) is 0 Å². The summed E-state index contributed by atoms with van der Waals surface area (Å²) in [6, 6.07) is 12.2. The molecule has 0 bridgehead atoms. The Morgan fingerprint density at radius 3 is 2.50 bits per heavy atom. The van der Waals surface area contributed by atoms with Crippen LogP contribution < -0.4 is 11.5 Å². The van der Waals surface area contributed by atoms with Crippen molar-refractivity contribution in [3.63, 3.8) is 0 Å². The molecular weight excluding hydrogens is 312 g/mol. The number of thiophene rings is 1. The van der Waals surface area contributed by atoms with Gasteiger partial charge in [-0.3, -0.25) is 0 Å². The van der Waals surface area contributed by atoms with Gasteiger partial charge in [-0.05, 0) is 29.8 Å². The maximum Gasteiger partial charge on any atom is 0.211 e. The predicted molar refractivity (Wildman–Crippen MR) is 80.9 cm³/mol. The first-order chi connectivity index (χ1) is 8.65. The van der Waals surface area contributed by atoms with E-state index in [1.165, 1.54) is 10.4 Å². The van der Waals surface area contributed by atoms with E-state index in [1.807, 2.05) is 24.3 Å². The molecule has 92 valence electrons. The Morgan fingerprint density at radius 1 is 1.11 bits per heavy atom. The summed E-state index contributed by atoms with van der Waals surface area (Å²) in [7, 11) is 0. The van der Waals surface area contributed by atoms with Crippen LogP contribution in [0, 0.1) is 0 Å². The van der Waals surface area contributed by atoms with Gasteiger partial charge in [-0.25, -0.2) is 0 Å². The van der Waals surface area contributed by atoms with Crippen LogP contribution in [0.25, 0.3) is 10.4 Å². The Morgan fingerprint density at radius 2 is 1.83 bits per heavy atom. The SMILES string of the molecule is NC(N)=N/N=C/c1ccc(-c2ccc(Br)cc2)s1. The molecule has 1 aromatic carbocycles. The maximum atomic E-state index is 5.18. The normalized spacial score (nSPS) is 10.7. The number of halogens is 1. The quantitative estimate of drug-likeness (QED) is 0.518. The summed E-state index contributed by atoms with van der Waals surface area (Å²) in [6.45, 7) is 0. The average molecular weight is 323 g/mol. The van der Waals surface area contributed by atoms with Gasteiger partial charge in [0.25, 0.3) is 0 Å². The summed E-state index contributed by atoms with van der Waals surface area (Å²) >= 11 is 5.04. The molecule has 0 saturated carbocycles. The molecule has 0 aliphatic rings. The first kappa shape index (κ1) is 12.8. The highest BCUT2D eigenvalue weighted by Crippen LogP contribution is 2.28. The highest BCUT2D eigenvalue weighted by Gasteiger charge is 2.01. The van der Waals surface area contributed by atoms with Crippen molar-refractivity contribution in [3.8, 4) is 10.4 Å². The van der Waals surface area contributed by atoms with Crippen LogP contribution in [0.4, 0.5) is 0 Å². The van der Waals surface area contributed by atoms with Gasteiger partial charge >= 0.3 is 0 Å². The molecule has 0 spiro atoms. The Labute approximate surface area is 117 Å². The molecule has 0 aliphatic heterocycles. The fourth-order valence-corrected chi connectivity index (χ4v) is 2.49. The molecule has 0 aliphatic carbocycles. The topological polar surface area (TPSA) is 76.8 Å². The van der Waals surface area contributed by atoms with Gasteiger partial charge in [-0.2, -0.15) is 5.10 Å². The van der Waals surface area contributed by atoms with Crippen molar-refractivity contribution < 1.29 is 0 Å². The van der Waals surface area contributed by atoms with Gasteiger partial charge in [-0.1, -0.05) is 28.1 Å². The van der Waals surface area contributed by atoms with Crippen LogP contribution in [-0.4, -0.2) is 12.2 Å². The van der Waals surface area contributed by atoms with Crippen LogP contribution in [-0.2, 0) is 0 Å². The van der Waals surface area contributed by atoms with Crippen molar-refractivity contribution in [2.45, 2.75) is 0 Å². The fourth-order valence-electron chi connectivity index (χ4n) is 1.34. The average Bonchev–Trinajstić information content (AvgIpc) is 2.78. The zero-order valence-corrected chi connectivity index (χ0v) is 11.8. The van der Waals surface area contributed by atoms with Gasteiger partial charge < -0.3 is 11.5 Å². The first-order valence-corrected chi connectivity index (χ1v) is 6.74. The largest absolute Gasteiger partial charge is 0.369 e. The number of rotatable bonds is 3. The van der Waals surface area contributed by atoms with E-state index in [4.69, 9.17) is 11.5 Å². The molecule has 0 atom stereocenters. The van der Waals surface area contributed by atoms with Gasteiger partial charge in [0.1, 0.15) is 0 Å². The van der Waals surface area contributed by atoms with Crippen LogP contribution >= 0.6 is 27.3 Å². The number of benzene rings is 1. The lowest BCUT2D eigenvalue weighted by Crippen LogP contribution is -2.21. The first-order valence-electron chi connectivity index (χ1n) is 5.13. The van der Waals surface area contributed by atoms with Crippen LogP contribution in [0.15, 0.2) is 51.1 Å². The summed E-state index contributed by atoms with van der Waals surface area (Å²) in [4.78, 5) is 2.17. The number of nitrogens with zero attached hydrogens (tertiary/aromatic N) is 2. The number of nitrogens with two attached hydrogens (primary N) is 2. The van der Waals surface area contributed by atoms with E-state index in [-0.39, 0.29) is 5.96 Å². The predicted octanol–water partition coefficient (Wildman–Crippen LogP) is 2.78. The van der Waals surface area contributed by atoms with Crippen molar-refractivity contribution in [2.24, 2.45) is 21.7 Å². The highest BCUT2D eigenvalue weighted by atomic mass is 79.9. The summed E-state index contributed by atoms with van der Waals surface area (Å²) in [5, 5.41) is 7.33. The molecule has 18 heavy (non-hydrogen) atoms. The molecule has 0 saturated heterocycles. The molecule has 4 N–H and O–H groups in total. The smallest absolute Gasteiger partial charge is 0.211 e. The van der Waals surface area contributed by atoms with E-state index >= 15 is 0 Å². The van der Waals surface area contributed by atoms with E-state index in [0.29, 0.717) is 0 Å². The van der Waals surface area contributed by atoms with Gasteiger partial charge in [0.15, 0.2) is 0 Å². The Hall–Kier alpha value is -1.66. The van der Waals surface area contributed by atoms with Crippen LogP contribution in [0.3, 0.4) is 0 Å². The molecule has 0 unspecified atom stereocenters. The minimum absolute atomic E-state index is 0.0454. The van der Waals surface area contributed by atoms with Crippen molar-refractivity contribution in [3.05, 3.63) is 45.7 Å². The summed E-state index contributed by atoms with van der Waals surface area (Å²) < 4.78 is 1.07. The molecule has 4 nitrogen and oxygen atoms in total. The van der Waals surface area contributed by atoms with Gasteiger partial charge in [-0.15, -0.1) is 16.4 Å².